The summed E-state index contributed by atoms with van der Waals surface area (Å²) >= 11 is 0. The van der Waals surface area contributed by atoms with E-state index in [2.05, 4.69) is 9.97 Å². The maximum atomic E-state index is 12.3. The van der Waals surface area contributed by atoms with Crippen LogP contribution in [-0.2, 0) is 12.8 Å². The fourth-order valence-electron chi connectivity index (χ4n) is 2.66. The van der Waals surface area contributed by atoms with Gasteiger partial charge in [0.2, 0.25) is 5.95 Å². The summed E-state index contributed by atoms with van der Waals surface area (Å²) in [6, 6.07) is 3.73. The summed E-state index contributed by atoms with van der Waals surface area (Å²) in [7, 11) is 0. The predicted molar refractivity (Wildman–Crippen MR) is 69.9 cm³/mol. The van der Waals surface area contributed by atoms with E-state index in [-0.39, 0.29) is 17.6 Å². The van der Waals surface area contributed by atoms with E-state index < -0.39 is 0 Å². The van der Waals surface area contributed by atoms with E-state index in [4.69, 9.17) is 10.2 Å². The van der Waals surface area contributed by atoms with Crippen molar-refractivity contribution in [2.45, 2.75) is 32.1 Å². The molecular formula is C14H15N3O2. The molecule has 0 spiro atoms. The van der Waals surface area contributed by atoms with Crippen LogP contribution in [-0.4, -0.2) is 15.8 Å². The molecule has 2 aromatic rings. The van der Waals surface area contributed by atoms with Crippen molar-refractivity contribution < 1.29 is 9.21 Å². The quantitative estimate of drug-likeness (QED) is 0.891. The van der Waals surface area contributed by atoms with Crippen molar-refractivity contribution in [1.82, 2.24) is 9.97 Å². The zero-order valence-electron chi connectivity index (χ0n) is 10.7. The second-order valence-corrected chi connectivity index (χ2v) is 4.75. The molecule has 0 bridgehead atoms. The molecule has 3 rings (SSSR count). The SMILES string of the molecule is CCc1nc(N)nc2c1C(=O)CC(c1ccco1)C2. The van der Waals surface area contributed by atoms with Gasteiger partial charge in [0.05, 0.1) is 23.2 Å². The molecule has 1 atom stereocenters. The third-order valence-corrected chi connectivity index (χ3v) is 3.51. The summed E-state index contributed by atoms with van der Waals surface area (Å²) in [6.45, 7) is 1.97. The standard InChI is InChI=1S/C14H15N3O2/c1-2-9-13-10(17-14(15)16-9)6-8(7-11(13)18)12-4-3-5-19-12/h3-5,8H,2,6-7H2,1H3,(H2,15,16,17). The van der Waals surface area contributed by atoms with E-state index in [1.165, 1.54) is 0 Å². The van der Waals surface area contributed by atoms with Gasteiger partial charge in [-0.1, -0.05) is 6.92 Å². The highest BCUT2D eigenvalue weighted by Gasteiger charge is 2.31. The van der Waals surface area contributed by atoms with Gasteiger partial charge in [0.1, 0.15) is 5.76 Å². The van der Waals surface area contributed by atoms with Gasteiger partial charge in [-0.25, -0.2) is 9.97 Å². The predicted octanol–water partition coefficient (Wildman–Crippen LogP) is 2.13. The summed E-state index contributed by atoms with van der Waals surface area (Å²) in [5.41, 5.74) is 7.88. The van der Waals surface area contributed by atoms with Crippen LogP contribution < -0.4 is 5.73 Å². The van der Waals surface area contributed by atoms with Gasteiger partial charge in [0, 0.05) is 18.8 Å². The molecule has 0 saturated carbocycles. The Hall–Kier alpha value is -2.17. The number of aromatic nitrogens is 2. The number of nitrogens with two attached hydrogens (primary N) is 1. The van der Waals surface area contributed by atoms with Crippen molar-refractivity contribution in [1.29, 1.82) is 0 Å². The van der Waals surface area contributed by atoms with Crippen LogP contribution in [0.2, 0.25) is 0 Å². The lowest BCUT2D eigenvalue weighted by Gasteiger charge is -2.22. The Morgan fingerprint density at radius 3 is 2.95 bits per heavy atom. The number of nitrogen functional groups attached to an aromatic ring is 1. The second kappa shape index (κ2) is 4.50. The molecule has 0 saturated heterocycles. The van der Waals surface area contributed by atoms with Crippen LogP contribution in [0.4, 0.5) is 5.95 Å². The molecule has 0 aromatic carbocycles. The number of rotatable bonds is 2. The third-order valence-electron chi connectivity index (χ3n) is 3.51. The maximum absolute atomic E-state index is 12.3. The molecule has 19 heavy (non-hydrogen) atoms. The molecule has 0 radical (unpaired) electrons. The first kappa shape index (κ1) is 11.9. The highest BCUT2D eigenvalue weighted by atomic mass is 16.3. The van der Waals surface area contributed by atoms with Crippen molar-refractivity contribution in [3.8, 4) is 0 Å². The number of furan rings is 1. The fraction of sp³-hybridized carbons (Fsp3) is 0.357. The van der Waals surface area contributed by atoms with Crippen LogP contribution in [0.15, 0.2) is 22.8 Å². The lowest BCUT2D eigenvalue weighted by Crippen LogP contribution is -2.23. The van der Waals surface area contributed by atoms with Crippen molar-refractivity contribution in [3.63, 3.8) is 0 Å². The van der Waals surface area contributed by atoms with Gasteiger partial charge in [0.25, 0.3) is 0 Å². The second-order valence-electron chi connectivity index (χ2n) is 4.75. The van der Waals surface area contributed by atoms with Gasteiger partial charge in [-0.15, -0.1) is 0 Å². The van der Waals surface area contributed by atoms with E-state index in [9.17, 15) is 4.79 Å². The molecule has 5 heteroatoms. The molecular weight excluding hydrogens is 242 g/mol. The monoisotopic (exact) mass is 257 g/mol. The van der Waals surface area contributed by atoms with Crippen molar-refractivity contribution >= 4 is 11.7 Å². The molecule has 2 aromatic heterocycles. The number of ketones is 1. The van der Waals surface area contributed by atoms with Gasteiger partial charge < -0.3 is 10.2 Å². The number of hydrogen-bond donors (Lipinski definition) is 1. The van der Waals surface area contributed by atoms with E-state index >= 15 is 0 Å². The smallest absolute Gasteiger partial charge is 0.220 e. The van der Waals surface area contributed by atoms with Crippen molar-refractivity contribution in [2.24, 2.45) is 0 Å². The van der Waals surface area contributed by atoms with Gasteiger partial charge in [-0.2, -0.15) is 0 Å². The highest BCUT2D eigenvalue weighted by Crippen LogP contribution is 2.33. The maximum Gasteiger partial charge on any atom is 0.220 e. The summed E-state index contributed by atoms with van der Waals surface area (Å²) in [5, 5.41) is 0. The highest BCUT2D eigenvalue weighted by molar-refractivity contribution is 5.99. The van der Waals surface area contributed by atoms with E-state index in [0.717, 1.165) is 17.1 Å². The Bertz CT molecular complexity index is 620. The average Bonchev–Trinajstić information content (AvgIpc) is 2.90. The molecule has 1 unspecified atom stereocenters. The number of fused-ring (bicyclic) bond motifs is 1. The Balaban J connectivity index is 2.05. The molecule has 2 heterocycles. The number of nitrogens with zero attached hydrogens (tertiary/aromatic N) is 2. The molecule has 5 nitrogen and oxygen atoms in total. The molecule has 0 aliphatic heterocycles. The lowest BCUT2D eigenvalue weighted by atomic mass is 9.83. The van der Waals surface area contributed by atoms with Crippen LogP contribution in [0.3, 0.4) is 0 Å². The fourth-order valence-corrected chi connectivity index (χ4v) is 2.66. The zero-order valence-corrected chi connectivity index (χ0v) is 10.7. The third kappa shape index (κ3) is 2.01. The van der Waals surface area contributed by atoms with Gasteiger partial charge in [0.15, 0.2) is 5.78 Å². The summed E-state index contributed by atoms with van der Waals surface area (Å²) in [4.78, 5) is 20.7. The van der Waals surface area contributed by atoms with Gasteiger partial charge in [-0.3, -0.25) is 4.79 Å². The first-order valence-electron chi connectivity index (χ1n) is 6.41. The normalized spacial score (nSPS) is 18.4. The number of carbonyl (C=O) groups is 1. The summed E-state index contributed by atoms with van der Waals surface area (Å²) in [6.07, 6.45) is 3.43. The number of hydrogen-bond acceptors (Lipinski definition) is 5. The molecule has 2 N–H and O–H groups in total. The molecule has 1 aliphatic carbocycles. The average molecular weight is 257 g/mol. The van der Waals surface area contributed by atoms with Crippen LogP contribution in [0.1, 0.15) is 46.8 Å². The molecule has 0 amide bonds. The minimum Gasteiger partial charge on any atom is -0.469 e. The van der Waals surface area contributed by atoms with Crippen LogP contribution in [0.5, 0.6) is 0 Å². The number of carbonyl (C=O) groups excluding carboxylic acids is 1. The number of Topliss-reactive ketones (excluding diaryl/α,β-unsaturated/α-hetero) is 1. The minimum atomic E-state index is 0.0500. The zero-order chi connectivity index (χ0) is 13.4. The largest absolute Gasteiger partial charge is 0.469 e. The Morgan fingerprint density at radius 1 is 1.42 bits per heavy atom. The lowest BCUT2D eigenvalue weighted by molar-refractivity contribution is 0.0957. The van der Waals surface area contributed by atoms with Crippen LogP contribution >= 0.6 is 0 Å². The topological polar surface area (TPSA) is 82.0 Å². The number of aryl methyl sites for hydroxylation is 1. The van der Waals surface area contributed by atoms with Crippen molar-refractivity contribution in [2.75, 3.05) is 5.73 Å². The number of anilines is 1. The molecule has 1 aliphatic rings. The first-order valence-corrected chi connectivity index (χ1v) is 6.41. The molecule has 0 fully saturated rings. The van der Waals surface area contributed by atoms with E-state index in [1.54, 1.807) is 6.26 Å². The summed E-state index contributed by atoms with van der Waals surface area (Å²) < 4.78 is 5.40. The Morgan fingerprint density at radius 2 is 2.26 bits per heavy atom. The Kier molecular flexibility index (Phi) is 2.81. The first-order chi connectivity index (χ1) is 9.19. The van der Waals surface area contributed by atoms with Crippen LogP contribution in [0.25, 0.3) is 0 Å². The van der Waals surface area contributed by atoms with Crippen molar-refractivity contribution in [3.05, 3.63) is 41.1 Å². The molecule has 98 valence electrons. The van der Waals surface area contributed by atoms with Crippen LogP contribution in [0, 0.1) is 0 Å². The van der Waals surface area contributed by atoms with Gasteiger partial charge >= 0.3 is 0 Å². The van der Waals surface area contributed by atoms with E-state index in [0.29, 0.717) is 24.8 Å². The van der Waals surface area contributed by atoms with Gasteiger partial charge in [-0.05, 0) is 18.6 Å². The summed E-state index contributed by atoms with van der Waals surface area (Å²) in [5.74, 6) is 1.20. The minimum absolute atomic E-state index is 0.0500. The Labute approximate surface area is 110 Å². The van der Waals surface area contributed by atoms with E-state index in [1.807, 2.05) is 19.1 Å².